The van der Waals surface area contributed by atoms with Gasteiger partial charge in [-0.25, -0.2) is 0 Å². The fraction of sp³-hybridized carbons (Fsp3) is 0.500. The smallest absolute Gasteiger partial charge is 0.182 e. The van der Waals surface area contributed by atoms with Crippen molar-refractivity contribution in [2.45, 2.75) is 0 Å². The van der Waals surface area contributed by atoms with Crippen LogP contribution in [0.2, 0.25) is 0 Å². The molecule has 0 fully saturated rings. The van der Waals surface area contributed by atoms with Crippen molar-refractivity contribution in [3.05, 3.63) is 0 Å². The molecule has 8 heavy (non-hydrogen) atoms. The number of aldehydes is 2. The lowest BCUT2D eigenvalue weighted by Gasteiger charge is -1.60. The average molecular weight is 136 g/mol. The number of carbonyl (C=O) groups is 2. The van der Waals surface area contributed by atoms with Gasteiger partial charge in [-0.05, 0) is 0 Å². The molecule has 0 amide bonds. The molecule has 0 aromatic carbocycles. The Morgan fingerprint density at radius 3 is 1.25 bits per heavy atom. The van der Waals surface area contributed by atoms with Gasteiger partial charge in [0.15, 0.2) is 12.6 Å². The molecule has 0 rings (SSSR count). The van der Waals surface area contributed by atoms with E-state index >= 15 is 0 Å². The van der Waals surface area contributed by atoms with Gasteiger partial charge in [0.1, 0.15) is 0 Å². The number of rotatable bonds is 1. The van der Waals surface area contributed by atoms with Crippen LogP contribution in [0.25, 0.3) is 0 Å². The van der Waals surface area contributed by atoms with Crippen LogP contribution in [0.15, 0.2) is 0 Å². The van der Waals surface area contributed by atoms with E-state index in [1.54, 1.807) is 12.5 Å². The fourth-order valence-corrected chi connectivity index (χ4v) is 0. The van der Waals surface area contributed by atoms with Crippen LogP contribution in [0, 0.1) is 0 Å². The predicted molar refractivity (Wildman–Crippen MR) is 32.1 cm³/mol. The second kappa shape index (κ2) is 9.70. The molecule has 0 unspecified atom stereocenters. The molecule has 0 saturated carbocycles. The third-order valence-electron chi connectivity index (χ3n) is 0.0556. The van der Waals surface area contributed by atoms with Crippen LogP contribution in [0.1, 0.15) is 0 Å². The molecular formula is C4H8O3S. The van der Waals surface area contributed by atoms with E-state index in [0.717, 1.165) is 0 Å². The van der Waals surface area contributed by atoms with E-state index in [9.17, 15) is 4.21 Å². The van der Waals surface area contributed by atoms with Crippen molar-refractivity contribution in [2.24, 2.45) is 0 Å². The number of hydrogen-bond acceptors (Lipinski definition) is 3. The van der Waals surface area contributed by atoms with Crippen LogP contribution >= 0.6 is 0 Å². The molecule has 0 aliphatic rings. The Morgan fingerprint density at radius 1 is 1.12 bits per heavy atom. The lowest BCUT2D eigenvalue weighted by Crippen LogP contribution is -1.70. The Bertz CT molecular complexity index is 79.3. The van der Waals surface area contributed by atoms with Gasteiger partial charge in [-0.1, -0.05) is 0 Å². The fourth-order valence-electron chi connectivity index (χ4n) is 0. The molecule has 4 heteroatoms. The van der Waals surface area contributed by atoms with Gasteiger partial charge in [-0.3, -0.25) is 13.8 Å². The molecule has 0 aliphatic heterocycles. The van der Waals surface area contributed by atoms with Crippen LogP contribution in [0.5, 0.6) is 0 Å². The first-order valence-corrected chi connectivity index (χ1v) is 3.75. The summed E-state index contributed by atoms with van der Waals surface area (Å²) in [4.78, 5) is 17.6. The zero-order valence-corrected chi connectivity index (χ0v) is 5.60. The summed E-state index contributed by atoms with van der Waals surface area (Å²) in [7, 11) is -0.611. The van der Waals surface area contributed by atoms with E-state index in [0.29, 0.717) is 0 Å². The van der Waals surface area contributed by atoms with Gasteiger partial charge in [0.25, 0.3) is 0 Å². The molecule has 0 radical (unpaired) electrons. The summed E-state index contributed by atoms with van der Waals surface area (Å²) < 4.78 is 9.56. The van der Waals surface area contributed by atoms with Crippen molar-refractivity contribution in [1.29, 1.82) is 0 Å². The minimum Gasteiger partial charge on any atom is -0.295 e. The quantitative estimate of drug-likeness (QED) is 0.356. The molecule has 0 aromatic rings. The van der Waals surface area contributed by atoms with Crippen molar-refractivity contribution < 1.29 is 13.8 Å². The number of hydrogen-bond donors (Lipinski definition) is 0. The maximum atomic E-state index is 9.56. The van der Waals surface area contributed by atoms with Crippen molar-refractivity contribution >= 4 is 23.4 Å². The first-order valence-electron chi connectivity index (χ1n) is 1.79. The molecule has 48 valence electrons. The van der Waals surface area contributed by atoms with Crippen LogP contribution in [0.4, 0.5) is 0 Å². The minimum absolute atomic E-state index is 0.194. The zero-order chi connectivity index (χ0) is 6.99. The second-order valence-corrected chi connectivity index (χ2v) is 2.50. The molecule has 0 aliphatic carbocycles. The molecule has 0 atom stereocenters. The maximum absolute atomic E-state index is 9.56. The van der Waals surface area contributed by atoms with Crippen LogP contribution in [-0.4, -0.2) is 29.3 Å². The van der Waals surface area contributed by atoms with E-state index in [1.165, 1.54) is 0 Å². The van der Waals surface area contributed by atoms with Crippen molar-refractivity contribution in [3.8, 4) is 0 Å². The average Bonchev–Trinajstić information content (AvgIpc) is 1.65. The highest BCUT2D eigenvalue weighted by atomic mass is 32.2. The Kier molecular flexibility index (Phi) is 12.7. The van der Waals surface area contributed by atoms with Gasteiger partial charge in [-0.15, -0.1) is 0 Å². The lowest BCUT2D eigenvalue weighted by atomic mass is 10.9. The van der Waals surface area contributed by atoms with Gasteiger partial charge in [0.05, 0.1) is 0 Å². The van der Waals surface area contributed by atoms with E-state index in [1.807, 2.05) is 0 Å². The van der Waals surface area contributed by atoms with Crippen molar-refractivity contribution in [3.63, 3.8) is 0 Å². The van der Waals surface area contributed by atoms with E-state index in [-0.39, 0.29) is 12.6 Å². The summed E-state index contributed by atoms with van der Waals surface area (Å²) in [5.41, 5.74) is 0. The SMILES string of the molecule is CS(C)=O.O=CC=O. The monoisotopic (exact) mass is 136 g/mol. The van der Waals surface area contributed by atoms with E-state index in [4.69, 9.17) is 9.59 Å². The Labute approximate surface area is 50.5 Å². The first-order chi connectivity index (χ1) is 3.65. The molecule has 0 heterocycles. The largest absolute Gasteiger partial charge is 0.295 e. The highest BCUT2D eigenvalue weighted by Crippen LogP contribution is 1.47. The Hall–Kier alpha value is -0.510. The summed E-state index contributed by atoms with van der Waals surface area (Å²) >= 11 is 0. The van der Waals surface area contributed by atoms with E-state index < -0.39 is 10.8 Å². The van der Waals surface area contributed by atoms with Gasteiger partial charge in [0.2, 0.25) is 0 Å². The summed E-state index contributed by atoms with van der Waals surface area (Å²) in [6, 6.07) is 0. The van der Waals surface area contributed by atoms with Crippen molar-refractivity contribution in [1.82, 2.24) is 0 Å². The standard InChI is InChI=1S/C2H2O2.C2H6OS/c3-1-2-4;1-4(2)3/h1-2H;1-2H3. The molecule has 3 nitrogen and oxygen atoms in total. The van der Waals surface area contributed by atoms with Crippen LogP contribution < -0.4 is 0 Å². The predicted octanol–water partition coefficient (Wildman–Crippen LogP) is -0.621. The molecule has 0 spiro atoms. The highest BCUT2D eigenvalue weighted by molar-refractivity contribution is 7.83. The van der Waals surface area contributed by atoms with Crippen molar-refractivity contribution in [2.75, 3.05) is 12.5 Å². The lowest BCUT2D eigenvalue weighted by molar-refractivity contribution is -0.122. The zero-order valence-electron chi connectivity index (χ0n) is 4.79. The van der Waals surface area contributed by atoms with Crippen LogP contribution in [-0.2, 0) is 20.4 Å². The van der Waals surface area contributed by atoms with Gasteiger partial charge >= 0.3 is 0 Å². The number of carbonyl (C=O) groups excluding carboxylic acids is 2. The third kappa shape index (κ3) is 461. The molecule has 0 N–H and O–H groups in total. The molecule has 0 aromatic heterocycles. The van der Waals surface area contributed by atoms with Crippen LogP contribution in [0.3, 0.4) is 0 Å². The van der Waals surface area contributed by atoms with E-state index in [2.05, 4.69) is 0 Å². The molecular weight excluding hydrogens is 128 g/mol. The second-order valence-electron chi connectivity index (χ2n) is 1.01. The van der Waals surface area contributed by atoms with Gasteiger partial charge in [-0.2, -0.15) is 0 Å². The third-order valence-corrected chi connectivity index (χ3v) is 0.0556. The minimum atomic E-state index is -0.611. The topological polar surface area (TPSA) is 51.2 Å². The summed E-state index contributed by atoms with van der Waals surface area (Å²) in [5, 5.41) is 0. The van der Waals surface area contributed by atoms with Gasteiger partial charge < -0.3 is 0 Å². The summed E-state index contributed by atoms with van der Waals surface area (Å²) in [5.74, 6) is 0. The summed E-state index contributed by atoms with van der Waals surface area (Å²) in [6.45, 7) is 0. The van der Waals surface area contributed by atoms with Gasteiger partial charge in [0, 0.05) is 23.3 Å². The molecule has 0 saturated heterocycles. The maximum Gasteiger partial charge on any atom is 0.182 e. The normalized spacial score (nSPS) is 6.88. The Balaban J connectivity index is 0. The summed E-state index contributed by atoms with van der Waals surface area (Å²) in [6.07, 6.45) is 3.67. The molecule has 0 bridgehead atoms. The highest BCUT2D eigenvalue weighted by Gasteiger charge is 1.57. The Morgan fingerprint density at radius 2 is 1.25 bits per heavy atom. The first kappa shape index (κ1) is 10.5.